The molecule has 296 valence electrons. The molecule has 1 aromatic carbocycles. The van der Waals surface area contributed by atoms with Crippen LogP contribution in [0.3, 0.4) is 0 Å². The third-order valence-electron chi connectivity index (χ3n) is 12.3. The normalized spacial score (nSPS) is 19.7. The van der Waals surface area contributed by atoms with Gasteiger partial charge in [0, 0.05) is 24.8 Å². The standard InChI is InChI=1S/C39H62N8O5Si2/c1-25-33-35(46-17-15-16-26(46)23-51-53(11,12)38(2,3)4)42-37(43-36(33)47(44-25)28-18-29(19-28)52-54(13,14)39(5,6)7)41-32-22-45(24-40-32)27-20-30(48-8)34(50-10)31(21-27)49-9/h20-22,24,26,28-29H,15-19,23H2,1-14H3,(H,41,42,43)/t26-,28-,29-/m0/s1. The first-order chi connectivity index (χ1) is 25.3. The van der Waals surface area contributed by atoms with E-state index in [-0.39, 0.29) is 28.3 Å². The highest BCUT2D eigenvalue weighted by molar-refractivity contribution is 6.74. The van der Waals surface area contributed by atoms with E-state index in [1.807, 2.05) is 22.9 Å². The number of nitrogens with zero attached hydrogens (tertiary/aromatic N) is 7. The number of hydrogen-bond donors (Lipinski definition) is 1. The van der Waals surface area contributed by atoms with Gasteiger partial charge in [-0.2, -0.15) is 15.1 Å². The van der Waals surface area contributed by atoms with Gasteiger partial charge in [-0.05, 0) is 68.9 Å². The second-order valence-electron chi connectivity index (χ2n) is 18.0. The van der Waals surface area contributed by atoms with Crippen molar-refractivity contribution in [2.45, 2.75) is 129 Å². The highest BCUT2D eigenvalue weighted by Crippen LogP contribution is 2.45. The van der Waals surface area contributed by atoms with Crippen molar-refractivity contribution in [2.24, 2.45) is 0 Å². The number of fused-ring (bicyclic) bond motifs is 1. The fraction of sp³-hybridized carbons (Fsp3) is 0.641. The molecule has 1 N–H and O–H groups in total. The van der Waals surface area contributed by atoms with Crippen molar-refractivity contribution in [3.8, 4) is 22.9 Å². The predicted molar refractivity (Wildman–Crippen MR) is 220 cm³/mol. The van der Waals surface area contributed by atoms with Crippen molar-refractivity contribution in [2.75, 3.05) is 44.7 Å². The van der Waals surface area contributed by atoms with E-state index < -0.39 is 16.6 Å². The second-order valence-corrected chi connectivity index (χ2v) is 27.5. The minimum Gasteiger partial charge on any atom is -0.493 e. The molecule has 15 heteroatoms. The molecule has 0 spiro atoms. The summed E-state index contributed by atoms with van der Waals surface area (Å²) in [6.45, 7) is 26.7. The molecule has 13 nitrogen and oxygen atoms in total. The maximum absolute atomic E-state index is 6.80. The van der Waals surface area contributed by atoms with Crippen LogP contribution in [0.1, 0.15) is 79.0 Å². The molecule has 4 aromatic rings. The topological polar surface area (TPSA) is 123 Å². The van der Waals surface area contributed by atoms with Gasteiger partial charge in [0.1, 0.15) is 12.1 Å². The molecule has 4 heterocycles. The van der Waals surface area contributed by atoms with Gasteiger partial charge >= 0.3 is 0 Å². The molecule has 54 heavy (non-hydrogen) atoms. The smallest absolute Gasteiger partial charge is 0.232 e. The summed E-state index contributed by atoms with van der Waals surface area (Å²) in [6.07, 6.45) is 7.81. The van der Waals surface area contributed by atoms with Gasteiger partial charge in [0.2, 0.25) is 11.7 Å². The quantitative estimate of drug-likeness (QED) is 0.131. The molecule has 1 aliphatic carbocycles. The average Bonchev–Trinajstić information content (AvgIpc) is 3.82. The molecule has 0 radical (unpaired) electrons. The molecule has 0 bridgehead atoms. The first kappa shape index (κ1) is 40.0. The van der Waals surface area contributed by atoms with E-state index in [1.165, 1.54) is 0 Å². The minimum absolute atomic E-state index is 0.133. The summed E-state index contributed by atoms with van der Waals surface area (Å²) in [5.41, 5.74) is 2.57. The maximum Gasteiger partial charge on any atom is 0.232 e. The number of methoxy groups -OCH3 is 3. The number of hydrogen-bond acceptors (Lipinski definition) is 11. The van der Waals surface area contributed by atoms with Gasteiger partial charge in [-0.3, -0.25) is 0 Å². The molecule has 2 fully saturated rings. The van der Waals surface area contributed by atoms with Gasteiger partial charge in [0.05, 0.1) is 63.0 Å². The number of anilines is 3. The Balaban J connectivity index is 1.35. The zero-order valence-electron chi connectivity index (χ0n) is 35.0. The zero-order valence-corrected chi connectivity index (χ0v) is 37.0. The van der Waals surface area contributed by atoms with Crippen molar-refractivity contribution < 1.29 is 23.1 Å². The van der Waals surface area contributed by atoms with Crippen LogP contribution >= 0.6 is 0 Å². The number of nitrogens with one attached hydrogen (secondary N) is 1. The summed E-state index contributed by atoms with van der Waals surface area (Å²) in [4.78, 5) is 17.5. The molecule has 3 aromatic heterocycles. The van der Waals surface area contributed by atoms with Crippen molar-refractivity contribution in [3.05, 3.63) is 30.4 Å². The number of imidazole rings is 1. The Kier molecular flexibility index (Phi) is 10.9. The van der Waals surface area contributed by atoms with Crippen LogP contribution in [-0.4, -0.2) is 92.6 Å². The molecular formula is C39H62N8O5Si2. The van der Waals surface area contributed by atoms with E-state index in [9.17, 15) is 0 Å². The highest BCUT2D eigenvalue weighted by Gasteiger charge is 2.44. The van der Waals surface area contributed by atoms with E-state index in [4.69, 9.17) is 43.1 Å². The molecule has 1 aliphatic heterocycles. The van der Waals surface area contributed by atoms with E-state index in [2.05, 4.69) is 89.6 Å². The van der Waals surface area contributed by atoms with Crippen LogP contribution in [0.15, 0.2) is 24.7 Å². The number of ether oxygens (including phenoxy) is 3. The first-order valence-electron chi connectivity index (χ1n) is 19.2. The SMILES string of the molecule is COc1cc(-n2cnc(Nc3nc(N4CCC[C@H]4CO[Si](C)(C)C(C)(C)C)c4c(C)nn([C@H]5C[C@H](O[Si](C)(C)C(C)(C)C)C5)c4n3)c2)cc(OC)c1OC. The molecular weight excluding hydrogens is 717 g/mol. The van der Waals surface area contributed by atoms with E-state index in [0.29, 0.717) is 35.6 Å². The Morgan fingerprint density at radius 2 is 1.54 bits per heavy atom. The van der Waals surface area contributed by atoms with E-state index in [0.717, 1.165) is 60.5 Å². The van der Waals surface area contributed by atoms with Gasteiger partial charge in [-0.15, -0.1) is 0 Å². The third kappa shape index (κ3) is 7.73. The molecule has 2 aliphatic rings. The highest BCUT2D eigenvalue weighted by atomic mass is 28.4. The van der Waals surface area contributed by atoms with Crippen LogP contribution in [0.5, 0.6) is 17.2 Å². The van der Waals surface area contributed by atoms with Gasteiger partial charge < -0.3 is 37.8 Å². The van der Waals surface area contributed by atoms with Gasteiger partial charge in [-0.1, -0.05) is 41.5 Å². The van der Waals surface area contributed by atoms with Crippen molar-refractivity contribution in [1.29, 1.82) is 0 Å². The molecule has 1 saturated heterocycles. The lowest BCUT2D eigenvalue weighted by atomic mass is 9.90. The first-order valence-corrected chi connectivity index (χ1v) is 25.0. The number of aromatic nitrogens is 6. The Hall–Kier alpha value is -3.67. The van der Waals surface area contributed by atoms with Gasteiger partial charge in [-0.25, -0.2) is 9.67 Å². The summed E-state index contributed by atoms with van der Waals surface area (Å²) in [6, 6.07) is 4.17. The van der Waals surface area contributed by atoms with Gasteiger partial charge in [0.15, 0.2) is 39.6 Å². The van der Waals surface area contributed by atoms with Crippen LogP contribution in [0.25, 0.3) is 16.7 Å². The number of aryl methyl sites for hydroxylation is 1. The van der Waals surface area contributed by atoms with Crippen molar-refractivity contribution in [3.63, 3.8) is 0 Å². The van der Waals surface area contributed by atoms with Crippen LogP contribution in [-0.2, 0) is 8.85 Å². The summed E-state index contributed by atoms with van der Waals surface area (Å²) in [7, 11) is 0.973. The average molecular weight is 779 g/mol. The van der Waals surface area contributed by atoms with Crippen LogP contribution in [0.4, 0.5) is 17.6 Å². The zero-order chi connectivity index (χ0) is 39.4. The summed E-state index contributed by atoms with van der Waals surface area (Å²) >= 11 is 0. The van der Waals surface area contributed by atoms with Gasteiger partial charge in [0.25, 0.3) is 0 Å². The number of rotatable bonds is 13. The fourth-order valence-electron chi connectivity index (χ4n) is 6.80. The summed E-state index contributed by atoms with van der Waals surface area (Å²) < 4.78 is 34.3. The van der Waals surface area contributed by atoms with Crippen molar-refractivity contribution in [1.82, 2.24) is 29.3 Å². The largest absolute Gasteiger partial charge is 0.493 e. The monoisotopic (exact) mass is 778 g/mol. The lowest BCUT2D eigenvalue weighted by Gasteiger charge is -2.44. The molecule has 1 saturated carbocycles. The Morgan fingerprint density at radius 1 is 0.889 bits per heavy atom. The lowest BCUT2D eigenvalue weighted by molar-refractivity contribution is 0.0543. The Bertz CT molecular complexity index is 1930. The van der Waals surface area contributed by atoms with E-state index in [1.54, 1.807) is 27.7 Å². The predicted octanol–water partition coefficient (Wildman–Crippen LogP) is 8.81. The van der Waals surface area contributed by atoms with Crippen LogP contribution < -0.4 is 24.4 Å². The molecule has 0 amide bonds. The molecule has 0 unspecified atom stereocenters. The minimum atomic E-state index is -1.95. The Morgan fingerprint density at radius 3 is 2.13 bits per heavy atom. The summed E-state index contributed by atoms with van der Waals surface area (Å²) in [5.74, 6) is 3.61. The summed E-state index contributed by atoms with van der Waals surface area (Å²) in [5, 5.41) is 9.87. The molecule has 1 atom stereocenters. The van der Waals surface area contributed by atoms with Crippen LogP contribution in [0.2, 0.25) is 36.3 Å². The third-order valence-corrected chi connectivity index (χ3v) is 21.3. The maximum atomic E-state index is 6.80. The number of benzene rings is 1. The van der Waals surface area contributed by atoms with Crippen molar-refractivity contribution >= 4 is 45.3 Å². The van der Waals surface area contributed by atoms with Crippen LogP contribution in [0, 0.1) is 6.92 Å². The second kappa shape index (κ2) is 14.8. The molecule has 6 rings (SSSR count). The lowest BCUT2D eigenvalue weighted by Crippen LogP contribution is -2.48. The Labute approximate surface area is 323 Å². The van der Waals surface area contributed by atoms with E-state index >= 15 is 0 Å². The fourth-order valence-corrected chi connectivity index (χ4v) is 9.22.